The quantitative estimate of drug-likeness (QED) is 0.851. The minimum Gasteiger partial charge on any atom is -0.469 e. The van der Waals surface area contributed by atoms with Crippen LogP contribution in [-0.4, -0.2) is 15.0 Å². The molecule has 1 aromatic carbocycles. The topological polar surface area (TPSA) is 85.3 Å². The van der Waals surface area contributed by atoms with E-state index < -0.39 is 10.0 Å². The zero-order chi connectivity index (χ0) is 15.5. The van der Waals surface area contributed by atoms with Crippen LogP contribution in [-0.2, 0) is 23.0 Å². The van der Waals surface area contributed by atoms with Gasteiger partial charge < -0.3 is 10.2 Å². The SMILES string of the molecule is Cc1c(CN)cc(Cl)cc1S(=O)(=O)NCCc1ccco1. The minimum absolute atomic E-state index is 0.162. The number of hydrogen-bond acceptors (Lipinski definition) is 4. The highest BCUT2D eigenvalue weighted by atomic mass is 35.5. The first-order chi connectivity index (χ1) is 9.94. The molecule has 0 aliphatic heterocycles. The van der Waals surface area contributed by atoms with Crippen LogP contribution >= 0.6 is 11.6 Å². The monoisotopic (exact) mass is 328 g/mol. The Morgan fingerprint density at radius 2 is 2.14 bits per heavy atom. The molecule has 3 N–H and O–H groups in total. The van der Waals surface area contributed by atoms with E-state index in [1.807, 2.05) is 0 Å². The molecule has 0 unspecified atom stereocenters. The van der Waals surface area contributed by atoms with Gasteiger partial charge in [0.05, 0.1) is 11.2 Å². The maximum absolute atomic E-state index is 12.4. The number of halogens is 1. The highest BCUT2D eigenvalue weighted by Gasteiger charge is 2.19. The van der Waals surface area contributed by atoms with Crippen molar-refractivity contribution in [1.82, 2.24) is 4.72 Å². The maximum atomic E-state index is 12.4. The second-order valence-corrected chi connectivity index (χ2v) is 6.79. The number of nitrogens with one attached hydrogen (secondary N) is 1. The molecule has 21 heavy (non-hydrogen) atoms. The molecule has 1 aromatic heterocycles. The number of sulfonamides is 1. The first-order valence-corrected chi connectivity index (χ1v) is 8.31. The predicted octanol–water partition coefficient (Wildman–Crippen LogP) is 2.22. The van der Waals surface area contributed by atoms with Gasteiger partial charge in [-0.1, -0.05) is 11.6 Å². The Balaban J connectivity index is 2.17. The Morgan fingerprint density at radius 3 is 2.76 bits per heavy atom. The molecule has 0 amide bonds. The molecule has 0 spiro atoms. The Hall–Kier alpha value is -1.34. The molecule has 0 saturated carbocycles. The van der Waals surface area contributed by atoms with Gasteiger partial charge in [0, 0.05) is 24.5 Å². The van der Waals surface area contributed by atoms with E-state index in [0.717, 1.165) is 5.76 Å². The summed E-state index contributed by atoms with van der Waals surface area (Å²) in [6, 6.07) is 6.67. The number of rotatable bonds is 6. The first-order valence-electron chi connectivity index (χ1n) is 6.45. The van der Waals surface area contributed by atoms with Crippen molar-refractivity contribution in [3.63, 3.8) is 0 Å². The van der Waals surface area contributed by atoms with Crippen molar-refractivity contribution >= 4 is 21.6 Å². The minimum atomic E-state index is -3.63. The fourth-order valence-electron chi connectivity index (χ4n) is 2.04. The van der Waals surface area contributed by atoms with Crippen LogP contribution in [0.1, 0.15) is 16.9 Å². The summed E-state index contributed by atoms with van der Waals surface area (Å²) in [4.78, 5) is 0.162. The smallest absolute Gasteiger partial charge is 0.240 e. The second kappa shape index (κ2) is 6.62. The van der Waals surface area contributed by atoms with Gasteiger partial charge in [0.15, 0.2) is 0 Å². The normalized spacial score (nSPS) is 11.8. The van der Waals surface area contributed by atoms with Crippen LogP contribution in [0.4, 0.5) is 0 Å². The zero-order valence-electron chi connectivity index (χ0n) is 11.6. The van der Waals surface area contributed by atoms with Gasteiger partial charge >= 0.3 is 0 Å². The molecule has 0 fully saturated rings. The molecule has 0 atom stereocenters. The Kier molecular flexibility index (Phi) is 5.05. The lowest BCUT2D eigenvalue weighted by Crippen LogP contribution is -2.27. The Morgan fingerprint density at radius 1 is 1.38 bits per heavy atom. The summed E-state index contributed by atoms with van der Waals surface area (Å²) in [5, 5.41) is 0.354. The lowest BCUT2D eigenvalue weighted by atomic mass is 10.1. The number of benzene rings is 1. The van der Waals surface area contributed by atoms with Crippen molar-refractivity contribution in [1.29, 1.82) is 0 Å². The van der Waals surface area contributed by atoms with E-state index in [1.54, 1.807) is 31.4 Å². The summed E-state index contributed by atoms with van der Waals surface area (Å²) >= 11 is 5.96. The lowest BCUT2D eigenvalue weighted by molar-refractivity contribution is 0.506. The van der Waals surface area contributed by atoms with Crippen LogP contribution in [0, 0.1) is 6.92 Å². The fraction of sp³-hybridized carbons (Fsp3) is 0.286. The summed E-state index contributed by atoms with van der Waals surface area (Å²) in [5.41, 5.74) is 6.94. The first kappa shape index (κ1) is 16.0. The van der Waals surface area contributed by atoms with Crippen molar-refractivity contribution in [2.45, 2.75) is 24.8 Å². The summed E-state index contributed by atoms with van der Waals surface area (Å²) in [6.07, 6.45) is 2.04. The van der Waals surface area contributed by atoms with E-state index >= 15 is 0 Å². The van der Waals surface area contributed by atoms with Crippen molar-refractivity contribution < 1.29 is 12.8 Å². The molecule has 5 nitrogen and oxygen atoms in total. The highest BCUT2D eigenvalue weighted by molar-refractivity contribution is 7.89. The van der Waals surface area contributed by atoms with Crippen molar-refractivity contribution in [3.05, 3.63) is 52.4 Å². The van der Waals surface area contributed by atoms with E-state index in [4.69, 9.17) is 21.8 Å². The van der Waals surface area contributed by atoms with Crippen LogP contribution in [0.2, 0.25) is 5.02 Å². The molecular formula is C14H17ClN2O3S. The van der Waals surface area contributed by atoms with E-state index in [0.29, 0.717) is 22.6 Å². The Labute approximate surface area is 129 Å². The summed E-state index contributed by atoms with van der Waals surface area (Å²) < 4.78 is 32.4. The molecule has 0 bridgehead atoms. The summed E-state index contributed by atoms with van der Waals surface area (Å²) in [6.45, 7) is 2.21. The average molecular weight is 329 g/mol. The molecule has 0 radical (unpaired) electrons. The second-order valence-electron chi connectivity index (χ2n) is 4.62. The van der Waals surface area contributed by atoms with Crippen LogP contribution in [0.5, 0.6) is 0 Å². The van der Waals surface area contributed by atoms with Gasteiger partial charge in [0.1, 0.15) is 5.76 Å². The van der Waals surface area contributed by atoms with Gasteiger partial charge in [-0.3, -0.25) is 0 Å². The van der Waals surface area contributed by atoms with Crippen LogP contribution in [0.3, 0.4) is 0 Å². The van der Waals surface area contributed by atoms with Gasteiger partial charge in [0.25, 0.3) is 0 Å². The van der Waals surface area contributed by atoms with Crippen molar-refractivity contribution in [2.75, 3.05) is 6.54 Å². The van der Waals surface area contributed by atoms with Gasteiger partial charge in [-0.15, -0.1) is 0 Å². The predicted molar refractivity (Wildman–Crippen MR) is 81.7 cm³/mol. The lowest BCUT2D eigenvalue weighted by Gasteiger charge is -2.12. The van der Waals surface area contributed by atoms with Gasteiger partial charge in [-0.2, -0.15) is 0 Å². The Bertz CT molecular complexity index is 712. The zero-order valence-corrected chi connectivity index (χ0v) is 13.2. The third kappa shape index (κ3) is 3.85. The van der Waals surface area contributed by atoms with Gasteiger partial charge in [-0.05, 0) is 42.3 Å². The standard InChI is InChI=1S/C14H17ClN2O3S/c1-10-11(9-16)7-12(15)8-14(10)21(18,19)17-5-4-13-3-2-6-20-13/h2-3,6-8,17H,4-5,9,16H2,1H3. The largest absolute Gasteiger partial charge is 0.469 e. The van der Waals surface area contributed by atoms with Gasteiger partial charge in [0.2, 0.25) is 10.0 Å². The third-order valence-electron chi connectivity index (χ3n) is 3.19. The molecular weight excluding hydrogens is 312 g/mol. The number of nitrogens with two attached hydrogens (primary N) is 1. The molecule has 7 heteroatoms. The van der Waals surface area contributed by atoms with Crippen molar-refractivity contribution in [2.24, 2.45) is 5.73 Å². The average Bonchev–Trinajstić information content (AvgIpc) is 2.93. The summed E-state index contributed by atoms with van der Waals surface area (Å²) in [7, 11) is -3.63. The molecule has 0 aliphatic rings. The van der Waals surface area contributed by atoms with E-state index in [1.165, 1.54) is 6.07 Å². The van der Waals surface area contributed by atoms with Crippen molar-refractivity contribution in [3.8, 4) is 0 Å². The van der Waals surface area contributed by atoms with Crippen LogP contribution < -0.4 is 10.5 Å². The number of furan rings is 1. The molecule has 0 aliphatic carbocycles. The maximum Gasteiger partial charge on any atom is 0.240 e. The van der Waals surface area contributed by atoms with E-state index in [2.05, 4.69) is 4.72 Å². The molecule has 1 heterocycles. The molecule has 2 rings (SSSR count). The van der Waals surface area contributed by atoms with Crippen LogP contribution in [0.15, 0.2) is 39.8 Å². The molecule has 0 saturated heterocycles. The van der Waals surface area contributed by atoms with Crippen LogP contribution in [0.25, 0.3) is 0 Å². The van der Waals surface area contributed by atoms with E-state index in [9.17, 15) is 8.42 Å². The van der Waals surface area contributed by atoms with Gasteiger partial charge in [-0.25, -0.2) is 13.1 Å². The number of hydrogen-bond donors (Lipinski definition) is 2. The summed E-state index contributed by atoms with van der Waals surface area (Å²) in [5.74, 6) is 0.725. The third-order valence-corrected chi connectivity index (χ3v) is 4.99. The highest BCUT2D eigenvalue weighted by Crippen LogP contribution is 2.24. The molecule has 114 valence electrons. The fourth-order valence-corrected chi connectivity index (χ4v) is 3.69. The van der Waals surface area contributed by atoms with E-state index in [-0.39, 0.29) is 18.0 Å². The molecule has 2 aromatic rings.